The smallest absolute Gasteiger partial charge is 0.231 e. The molecule has 1 aromatic carbocycles. The van der Waals surface area contributed by atoms with Crippen LogP contribution in [0, 0.1) is 5.92 Å². The molecule has 2 N–H and O–H groups in total. The van der Waals surface area contributed by atoms with Crippen LogP contribution in [0.1, 0.15) is 31.5 Å². The molecular weight excluding hydrogens is 378 g/mol. The largest absolute Gasteiger partial charge is 0.374 e. The minimum Gasteiger partial charge on any atom is -0.374 e. The summed E-state index contributed by atoms with van der Waals surface area (Å²) in [7, 11) is 2.06. The molecule has 0 saturated heterocycles. The van der Waals surface area contributed by atoms with Crippen LogP contribution in [0.3, 0.4) is 0 Å². The number of aromatic nitrogens is 2. The van der Waals surface area contributed by atoms with Gasteiger partial charge in [0.1, 0.15) is 5.82 Å². The molecule has 0 bridgehead atoms. The third-order valence-electron chi connectivity index (χ3n) is 4.76. The zero-order valence-electron chi connectivity index (χ0n) is 16.3. The fourth-order valence-corrected chi connectivity index (χ4v) is 3.64. The van der Waals surface area contributed by atoms with Crippen LogP contribution < -0.4 is 15.5 Å². The standard InChI is InChI=1S/C20H24ClN5O2/c1-12(27)22-19-17-10-14(11-26(3)16-7-5-15(21)6-8-16)4-9-18(17)24-20(25-19)23-13(2)28/h5-8,14H,4,9-11H2,1-3H3,(H2,22,23,24,25,27,28). The maximum atomic E-state index is 11.6. The number of benzene rings is 1. The predicted molar refractivity (Wildman–Crippen MR) is 111 cm³/mol. The second-order valence-corrected chi connectivity index (χ2v) is 7.59. The zero-order valence-corrected chi connectivity index (χ0v) is 17.0. The first kappa shape index (κ1) is 20.1. The quantitative estimate of drug-likeness (QED) is 0.802. The number of carbonyl (C=O) groups excluding carboxylic acids is 2. The molecule has 148 valence electrons. The molecule has 1 heterocycles. The number of hydrogen-bond acceptors (Lipinski definition) is 5. The fraction of sp³-hybridized carbons (Fsp3) is 0.400. The molecule has 2 amide bonds. The number of anilines is 3. The van der Waals surface area contributed by atoms with Crippen LogP contribution in [0.5, 0.6) is 0 Å². The zero-order chi connectivity index (χ0) is 20.3. The second kappa shape index (κ2) is 8.56. The van der Waals surface area contributed by atoms with Gasteiger partial charge in [0, 0.05) is 43.7 Å². The molecule has 0 radical (unpaired) electrons. The predicted octanol–water partition coefficient (Wildman–Crippen LogP) is 3.29. The van der Waals surface area contributed by atoms with E-state index in [1.165, 1.54) is 13.8 Å². The van der Waals surface area contributed by atoms with Crippen LogP contribution >= 0.6 is 11.6 Å². The number of rotatable bonds is 5. The second-order valence-electron chi connectivity index (χ2n) is 7.15. The van der Waals surface area contributed by atoms with Crippen LogP contribution in [0.15, 0.2) is 24.3 Å². The first-order valence-corrected chi connectivity index (χ1v) is 9.61. The number of hydrogen-bond donors (Lipinski definition) is 2. The van der Waals surface area contributed by atoms with E-state index in [1.54, 1.807) is 0 Å². The molecule has 0 saturated carbocycles. The van der Waals surface area contributed by atoms with E-state index in [-0.39, 0.29) is 17.8 Å². The number of amides is 2. The van der Waals surface area contributed by atoms with Crippen LogP contribution in [0.2, 0.25) is 5.02 Å². The van der Waals surface area contributed by atoms with Crippen LogP contribution in [0.4, 0.5) is 17.5 Å². The minimum atomic E-state index is -0.244. The van der Waals surface area contributed by atoms with Gasteiger partial charge in [0.05, 0.1) is 5.69 Å². The van der Waals surface area contributed by atoms with E-state index in [2.05, 4.69) is 32.5 Å². The van der Waals surface area contributed by atoms with E-state index >= 15 is 0 Å². The van der Waals surface area contributed by atoms with Crippen molar-refractivity contribution in [2.24, 2.45) is 5.92 Å². The lowest BCUT2D eigenvalue weighted by atomic mass is 9.86. The average Bonchev–Trinajstić information content (AvgIpc) is 2.61. The number of halogens is 1. The van der Waals surface area contributed by atoms with Crippen molar-refractivity contribution >= 4 is 40.9 Å². The third-order valence-corrected chi connectivity index (χ3v) is 5.01. The normalized spacial score (nSPS) is 15.5. The topological polar surface area (TPSA) is 87.2 Å². The van der Waals surface area contributed by atoms with Crippen molar-refractivity contribution in [2.45, 2.75) is 33.1 Å². The van der Waals surface area contributed by atoms with Crippen LogP contribution in [-0.4, -0.2) is 35.4 Å². The molecule has 1 atom stereocenters. The highest BCUT2D eigenvalue weighted by Crippen LogP contribution is 2.31. The Morgan fingerprint density at radius 1 is 1.14 bits per heavy atom. The van der Waals surface area contributed by atoms with Gasteiger partial charge >= 0.3 is 0 Å². The Morgan fingerprint density at radius 2 is 1.82 bits per heavy atom. The van der Waals surface area contributed by atoms with Gasteiger partial charge in [0.2, 0.25) is 17.8 Å². The Morgan fingerprint density at radius 3 is 2.46 bits per heavy atom. The van der Waals surface area contributed by atoms with E-state index in [0.717, 1.165) is 47.8 Å². The number of nitrogens with zero attached hydrogens (tertiary/aromatic N) is 3. The van der Waals surface area contributed by atoms with Crippen molar-refractivity contribution in [3.05, 3.63) is 40.5 Å². The molecule has 1 unspecified atom stereocenters. The summed E-state index contributed by atoms with van der Waals surface area (Å²) in [5.41, 5.74) is 2.94. The van der Waals surface area contributed by atoms with E-state index in [0.29, 0.717) is 11.7 Å². The van der Waals surface area contributed by atoms with Gasteiger partial charge < -0.3 is 10.2 Å². The maximum Gasteiger partial charge on any atom is 0.231 e. The Hall–Kier alpha value is -2.67. The van der Waals surface area contributed by atoms with Crippen molar-refractivity contribution in [3.63, 3.8) is 0 Å². The van der Waals surface area contributed by atoms with Gasteiger partial charge in [-0.25, -0.2) is 4.98 Å². The van der Waals surface area contributed by atoms with Crippen LogP contribution in [0.25, 0.3) is 0 Å². The molecule has 1 aliphatic carbocycles. The van der Waals surface area contributed by atoms with Gasteiger partial charge in [0.25, 0.3) is 0 Å². The summed E-state index contributed by atoms with van der Waals surface area (Å²) in [4.78, 5) is 34.0. The molecule has 0 aliphatic heterocycles. The lowest BCUT2D eigenvalue weighted by Gasteiger charge is -2.30. The van der Waals surface area contributed by atoms with Crippen molar-refractivity contribution in [3.8, 4) is 0 Å². The van der Waals surface area contributed by atoms with Gasteiger partial charge in [0.15, 0.2) is 0 Å². The van der Waals surface area contributed by atoms with E-state index in [1.807, 2.05) is 24.3 Å². The number of aryl methyl sites for hydroxylation is 1. The summed E-state index contributed by atoms with van der Waals surface area (Å²) in [6.45, 7) is 3.72. The van der Waals surface area contributed by atoms with Gasteiger partial charge in [-0.1, -0.05) is 11.6 Å². The van der Waals surface area contributed by atoms with Crippen LogP contribution in [-0.2, 0) is 22.4 Å². The molecule has 28 heavy (non-hydrogen) atoms. The monoisotopic (exact) mass is 401 g/mol. The summed E-state index contributed by atoms with van der Waals surface area (Å²) in [5, 5.41) is 6.11. The van der Waals surface area contributed by atoms with Crippen molar-refractivity contribution in [1.82, 2.24) is 9.97 Å². The van der Waals surface area contributed by atoms with E-state index in [4.69, 9.17) is 11.6 Å². The molecule has 1 aromatic heterocycles. The Labute approximate surface area is 169 Å². The molecule has 0 fully saturated rings. The molecule has 1 aliphatic rings. The third kappa shape index (κ3) is 4.98. The number of nitrogens with one attached hydrogen (secondary N) is 2. The maximum absolute atomic E-state index is 11.6. The molecule has 0 spiro atoms. The minimum absolute atomic E-state index is 0.199. The molecule has 8 heteroatoms. The summed E-state index contributed by atoms with van der Waals surface area (Å²) < 4.78 is 0. The SMILES string of the molecule is CC(=O)Nc1nc2c(c(NC(C)=O)n1)CC(CN(C)c1ccc(Cl)cc1)CC2. The van der Waals surface area contributed by atoms with Crippen molar-refractivity contribution < 1.29 is 9.59 Å². The average molecular weight is 402 g/mol. The van der Waals surface area contributed by atoms with Gasteiger partial charge in [-0.05, 0) is 49.4 Å². The van der Waals surface area contributed by atoms with E-state index in [9.17, 15) is 9.59 Å². The highest BCUT2D eigenvalue weighted by Gasteiger charge is 2.26. The summed E-state index contributed by atoms with van der Waals surface area (Å²) in [6, 6.07) is 7.78. The molecular formula is C20H24ClN5O2. The first-order chi connectivity index (χ1) is 13.3. The summed E-state index contributed by atoms with van der Waals surface area (Å²) in [6.07, 6.45) is 2.51. The lowest BCUT2D eigenvalue weighted by Crippen LogP contribution is -2.30. The summed E-state index contributed by atoms with van der Waals surface area (Å²) >= 11 is 5.97. The number of carbonyl (C=O) groups is 2. The fourth-order valence-electron chi connectivity index (χ4n) is 3.51. The molecule has 3 rings (SSSR count). The molecule has 2 aromatic rings. The lowest BCUT2D eigenvalue weighted by molar-refractivity contribution is -0.115. The summed E-state index contributed by atoms with van der Waals surface area (Å²) in [5.74, 6) is 0.671. The van der Waals surface area contributed by atoms with E-state index < -0.39 is 0 Å². The first-order valence-electron chi connectivity index (χ1n) is 9.23. The molecule has 7 nitrogen and oxygen atoms in total. The van der Waals surface area contributed by atoms with Gasteiger partial charge in [-0.2, -0.15) is 4.98 Å². The van der Waals surface area contributed by atoms with Gasteiger partial charge in [-0.15, -0.1) is 0 Å². The highest BCUT2D eigenvalue weighted by atomic mass is 35.5. The van der Waals surface area contributed by atoms with Crippen molar-refractivity contribution in [2.75, 3.05) is 29.1 Å². The Balaban J connectivity index is 1.79. The number of fused-ring (bicyclic) bond motifs is 1. The Kier molecular flexibility index (Phi) is 6.14. The van der Waals surface area contributed by atoms with Crippen molar-refractivity contribution in [1.29, 1.82) is 0 Å². The Bertz CT molecular complexity index is 885. The van der Waals surface area contributed by atoms with Gasteiger partial charge in [-0.3, -0.25) is 14.9 Å². The highest BCUT2D eigenvalue weighted by molar-refractivity contribution is 6.30.